The fourth-order valence-corrected chi connectivity index (χ4v) is 12.3. The Morgan fingerprint density at radius 3 is 1.40 bits per heavy atom. The molecule has 10 aromatic rings. The van der Waals surface area contributed by atoms with Gasteiger partial charge in [-0.1, -0.05) is 0 Å². The number of fused-ring (bicyclic) bond motifs is 10. The van der Waals surface area contributed by atoms with E-state index in [0.717, 1.165) is 33.3 Å². The summed E-state index contributed by atoms with van der Waals surface area (Å²) in [7, 11) is 0. The first kappa shape index (κ1) is 25.1. The Kier molecular flexibility index (Phi) is 5.76. The summed E-state index contributed by atoms with van der Waals surface area (Å²) in [4.78, 5) is 9.52. The van der Waals surface area contributed by atoms with E-state index in [4.69, 9.17) is 17.4 Å². The minimum atomic E-state index is 0.0554. The molecule has 10 rings (SSSR count). The van der Waals surface area contributed by atoms with Gasteiger partial charge in [0.2, 0.25) is 0 Å². The summed E-state index contributed by atoms with van der Waals surface area (Å²) in [6.45, 7) is 0. The number of aromatic nitrogens is 2. The molecule has 47 heavy (non-hydrogen) atoms. The summed E-state index contributed by atoms with van der Waals surface area (Å²) < 4.78 is 28.8. The second kappa shape index (κ2) is 10.8. The minimum absolute atomic E-state index is 0.0554. The van der Waals surface area contributed by atoms with Gasteiger partial charge in [0.15, 0.2) is 0 Å². The van der Waals surface area contributed by atoms with Gasteiger partial charge in [0.1, 0.15) is 0 Å². The molecule has 4 aromatic heterocycles. The number of nitrogens with zero attached hydrogens (tertiary/aromatic N) is 2. The van der Waals surface area contributed by atoms with E-state index >= 15 is 0 Å². The molecule has 0 saturated carbocycles. The van der Waals surface area contributed by atoms with Crippen molar-refractivity contribution in [1.82, 2.24) is 9.97 Å². The molecule has 0 saturated heterocycles. The van der Waals surface area contributed by atoms with Gasteiger partial charge in [-0.25, -0.2) is 0 Å². The van der Waals surface area contributed by atoms with Crippen LogP contribution in [0.15, 0.2) is 146 Å². The van der Waals surface area contributed by atoms with Gasteiger partial charge in [0, 0.05) is 0 Å². The van der Waals surface area contributed by atoms with Crippen LogP contribution < -0.4 is 4.74 Å². The summed E-state index contributed by atoms with van der Waals surface area (Å²) >= 11 is 0.111. The monoisotopic (exact) mass is 734 g/mol. The van der Waals surface area contributed by atoms with Crippen molar-refractivity contribution in [2.24, 2.45) is 0 Å². The second-order valence-corrected chi connectivity index (χ2v) is 15.9. The Morgan fingerprint density at radius 2 is 0.894 bits per heavy atom. The molecule has 0 atom stereocenters. The molecule has 0 aliphatic carbocycles. The molecule has 0 aliphatic rings. The zero-order chi connectivity index (χ0) is 32.6. The summed E-state index contributed by atoms with van der Waals surface area (Å²) in [5.74, 6) is 1.40. The molecule has 0 aliphatic heterocycles. The van der Waals surface area contributed by atoms with E-state index < -0.39 is 0 Å². The summed E-state index contributed by atoms with van der Waals surface area (Å²) in [5, 5.41) is 9.69. The van der Waals surface area contributed by atoms with Crippen LogP contribution in [0.5, 0.6) is 11.5 Å². The van der Waals surface area contributed by atoms with E-state index in [9.17, 15) is 0 Å². The van der Waals surface area contributed by atoms with Crippen LogP contribution in [0.25, 0.3) is 82.6 Å². The van der Waals surface area contributed by atoms with Crippen molar-refractivity contribution in [2.45, 2.75) is 0 Å². The van der Waals surface area contributed by atoms with E-state index in [2.05, 4.69) is 84.9 Å². The Morgan fingerprint density at radius 1 is 0.426 bits per heavy atom. The third-order valence-corrected chi connectivity index (χ3v) is 14.2. The van der Waals surface area contributed by atoms with E-state index in [1.54, 1.807) is 0 Å². The van der Waals surface area contributed by atoms with Crippen LogP contribution in [-0.4, -0.2) is 39.0 Å². The molecule has 5 heteroatoms. The van der Waals surface area contributed by atoms with Crippen LogP contribution >= 0.6 is 0 Å². The van der Waals surface area contributed by atoms with Gasteiger partial charge in [-0.05, 0) is 0 Å². The number of benzene rings is 6. The molecule has 3 nitrogen and oxygen atoms in total. The zero-order valence-electron chi connectivity index (χ0n) is 26.8. The summed E-state index contributed by atoms with van der Waals surface area (Å²) in [5.41, 5.74) is 3.57. The first-order chi connectivity index (χ1) is 24.1. The molecule has 0 spiro atoms. The summed E-state index contributed by atoms with van der Waals surface area (Å²) in [6.07, 6.45) is 0.524. The SMILES string of the molecule is [2H]c1cc2c([se]c3c4ccccc4ccc23)c(-c2cccc(Oc3cccc(-c4nc([2H])cc5c4[se]c4c6ccccc6ccc54)c3)c2)n1. The standard InChI is InChI=1S/C42H24N2OSe2/c1-3-13-31-25(7-1)15-17-33-35-19-21-43-37(41(35)46-39(31)33)27-9-5-11-29(23-27)45-30-12-6-10-28(24-30)38-42-36(20-22-44-38)34-18-16-26-8-2-4-14-32(26)40(34)47-42/h1-24H/i21D,22D. The van der Waals surface area contributed by atoms with Gasteiger partial charge in [0.25, 0.3) is 0 Å². The molecule has 0 unspecified atom stereocenters. The van der Waals surface area contributed by atoms with Gasteiger partial charge in [-0.3, -0.25) is 0 Å². The Bertz CT molecular complexity index is 2760. The summed E-state index contributed by atoms with van der Waals surface area (Å²) in [6, 6.07) is 45.7. The maximum atomic E-state index is 8.59. The van der Waals surface area contributed by atoms with E-state index in [0.29, 0.717) is 11.5 Å². The van der Waals surface area contributed by atoms with E-state index in [1.165, 1.54) is 49.4 Å². The van der Waals surface area contributed by atoms with E-state index in [-0.39, 0.29) is 41.4 Å². The molecule has 4 heterocycles. The Balaban J connectivity index is 1.05. The number of hydrogen-bond acceptors (Lipinski definition) is 3. The Labute approximate surface area is 285 Å². The molecule has 0 bridgehead atoms. The average molecular weight is 733 g/mol. The van der Waals surface area contributed by atoms with Crippen molar-refractivity contribution in [3.05, 3.63) is 146 Å². The van der Waals surface area contributed by atoms with Gasteiger partial charge >= 0.3 is 286 Å². The fraction of sp³-hybridized carbons (Fsp3) is 0. The van der Waals surface area contributed by atoms with Crippen molar-refractivity contribution in [2.75, 3.05) is 0 Å². The quantitative estimate of drug-likeness (QED) is 0.169. The molecule has 0 radical (unpaired) electrons. The number of ether oxygens (including phenoxy) is 1. The van der Waals surface area contributed by atoms with Gasteiger partial charge in [0.05, 0.1) is 0 Å². The van der Waals surface area contributed by atoms with Crippen molar-refractivity contribution in [3.63, 3.8) is 0 Å². The van der Waals surface area contributed by atoms with Gasteiger partial charge < -0.3 is 0 Å². The third kappa shape index (κ3) is 4.40. The number of rotatable bonds is 4. The molecule has 220 valence electrons. The maximum absolute atomic E-state index is 8.59. The molecule has 6 aromatic carbocycles. The van der Waals surface area contributed by atoms with Crippen LogP contribution in [0.2, 0.25) is 0 Å². The first-order valence-electron chi connectivity index (χ1n) is 16.4. The topological polar surface area (TPSA) is 35.0 Å². The van der Waals surface area contributed by atoms with Gasteiger partial charge in [-0.2, -0.15) is 0 Å². The second-order valence-electron chi connectivity index (χ2n) is 11.6. The first-order valence-corrected chi connectivity index (χ1v) is 18.8. The predicted octanol–water partition coefficient (Wildman–Crippen LogP) is 10.6. The van der Waals surface area contributed by atoms with Crippen LogP contribution in [-0.2, 0) is 0 Å². The van der Waals surface area contributed by atoms with Crippen molar-refractivity contribution < 1.29 is 7.48 Å². The van der Waals surface area contributed by atoms with Crippen molar-refractivity contribution in [1.29, 1.82) is 0 Å². The van der Waals surface area contributed by atoms with Crippen LogP contribution in [0.4, 0.5) is 0 Å². The van der Waals surface area contributed by atoms with Crippen molar-refractivity contribution >= 4 is 89.1 Å². The van der Waals surface area contributed by atoms with Crippen molar-refractivity contribution in [3.8, 4) is 34.0 Å². The van der Waals surface area contributed by atoms with Crippen LogP contribution in [0, 0.1) is 0 Å². The number of pyridine rings is 2. The Hall–Kier alpha value is -5.02. The zero-order valence-corrected chi connectivity index (χ0v) is 28.2. The fourth-order valence-electron chi connectivity index (χ4n) is 6.69. The molecule has 0 N–H and O–H groups in total. The van der Waals surface area contributed by atoms with Gasteiger partial charge in [-0.15, -0.1) is 0 Å². The normalized spacial score (nSPS) is 12.4. The molecular weight excluding hydrogens is 706 g/mol. The van der Waals surface area contributed by atoms with Crippen LogP contribution in [0.3, 0.4) is 0 Å². The molecule has 0 amide bonds. The number of hydrogen-bond donors (Lipinski definition) is 0. The predicted molar refractivity (Wildman–Crippen MR) is 198 cm³/mol. The van der Waals surface area contributed by atoms with Crippen LogP contribution in [0.1, 0.15) is 2.74 Å². The molecule has 0 fully saturated rings. The third-order valence-electron chi connectivity index (χ3n) is 8.89. The molecular formula is C42H24N2OSe2. The van der Waals surface area contributed by atoms with E-state index in [1.807, 2.05) is 48.5 Å². The average Bonchev–Trinajstić information content (AvgIpc) is 3.70.